The lowest BCUT2D eigenvalue weighted by molar-refractivity contribution is 0.161. The molecule has 38 heavy (non-hydrogen) atoms. The zero-order valence-electron chi connectivity index (χ0n) is 23.2. The molecule has 0 fully saturated rings. The molecule has 1 spiro atoms. The molecule has 5 nitrogen and oxygen atoms in total. The summed E-state index contributed by atoms with van der Waals surface area (Å²) < 4.78 is 7.18. The van der Waals surface area contributed by atoms with Gasteiger partial charge in [0.2, 0.25) is 0 Å². The number of rotatable bonds is 7. The normalized spacial score (nSPS) is 13.8. The van der Waals surface area contributed by atoms with Crippen molar-refractivity contribution in [2.45, 2.75) is 33.3 Å². The topological polar surface area (TPSA) is 31.8 Å². The quantitative estimate of drug-likeness (QED) is 0.255. The van der Waals surface area contributed by atoms with Crippen molar-refractivity contribution in [3.05, 3.63) is 76.7 Å². The van der Waals surface area contributed by atoms with Crippen LogP contribution in [0.15, 0.2) is 60.7 Å². The van der Waals surface area contributed by atoms with Crippen molar-refractivity contribution in [2.24, 2.45) is 0 Å². The highest BCUT2D eigenvalue weighted by Gasteiger charge is 2.53. The molecular weight excluding hydrogens is 488 g/mol. The number of aromatic nitrogens is 1. The molecule has 0 saturated heterocycles. The fourth-order valence-electron chi connectivity index (χ4n) is 6.08. The third-order valence-corrected chi connectivity index (χ3v) is 9.36. The second kappa shape index (κ2) is 9.35. The summed E-state index contributed by atoms with van der Waals surface area (Å²) in [7, 11) is 4.12. The van der Waals surface area contributed by atoms with Crippen LogP contribution < -0.4 is 19.4 Å². The first kappa shape index (κ1) is 24.8. The molecule has 1 aliphatic heterocycles. The summed E-state index contributed by atoms with van der Waals surface area (Å²) in [5.74, 6) is 0.884. The van der Waals surface area contributed by atoms with E-state index in [-0.39, 0.29) is 0 Å². The Kier molecular flexibility index (Phi) is 6.10. The minimum atomic E-state index is -0.732. The van der Waals surface area contributed by atoms with Gasteiger partial charge in [0.05, 0.1) is 10.6 Å². The molecule has 1 aromatic heterocycles. The van der Waals surface area contributed by atoms with Gasteiger partial charge in [0, 0.05) is 68.3 Å². The summed E-state index contributed by atoms with van der Waals surface area (Å²) in [5, 5.41) is 0.990. The summed E-state index contributed by atoms with van der Waals surface area (Å²) >= 11 is 1.74. The zero-order chi connectivity index (χ0) is 26.6. The van der Waals surface area contributed by atoms with Crippen molar-refractivity contribution in [1.82, 2.24) is 4.98 Å². The minimum absolute atomic E-state index is 0.732. The number of ether oxygens (including phenoxy) is 1. The fraction of sp³-hybridized carbons (Fsp3) is 0.344. The molecule has 0 radical (unpaired) electrons. The van der Waals surface area contributed by atoms with E-state index in [1.807, 2.05) is 0 Å². The van der Waals surface area contributed by atoms with E-state index in [1.165, 1.54) is 33.6 Å². The zero-order valence-corrected chi connectivity index (χ0v) is 24.0. The predicted molar refractivity (Wildman–Crippen MR) is 161 cm³/mol. The minimum Gasteiger partial charge on any atom is -0.471 e. The first-order valence-corrected chi connectivity index (χ1v) is 14.5. The van der Waals surface area contributed by atoms with E-state index >= 15 is 0 Å². The maximum atomic E-state index is 7.18. The van der Waals surface area contributed by atoms with Crippen molar-refractivity contribution in [2.75, 3.05) is 55.0 Å². The molecule has 0 bridgehead atoms. The van der Waals surface area contributed by atoms with Crippen molar-refractivity contribution >= 4 is 27.8 Å². The number of hydrogen-bond donors (Lipinski definition) is 0. The average Bonchev–Trinajstić information content (AvgIpc) is 3.50. The molecule has 0 unspecified atom stereocenters. The van der Waals surface area contributed by atoms with Gasteiger partial charge in [0.1, 0.15) is 5.75 Å². The van der Waals surface area contributed by atoms with Gasteiger partial charge in [0.25, 0.3) is 0 Å². The number of benzene rings is 3. The number of anilines is 3. The molecular formula is C32H36N4OS. The molecule has 2 heterocycles. The van der Waals surface area contributed by atoms with Crippen LogP contribution in [0.4, 0.5) is 16.5 Å². The highest BCUT2D eigenvalue weighted by atomic mass is 32.1. The van der Waals surface area contributed by atoms with Crippen LogP contribution in [0.1, 0.15) is 43.7 Å². The molecule has 3 aromatic carbocycles. The Bertz CT molecular complexity index is 1440. The van der Waals surface area contributed by atoms with E-state index in [0.717, 1.165) is 53.2 Å². The Morgan fingerprint density at radius 2 is 1.29 bits per heavy atom. The number of thiazole rings is 1. The number of fused-ring (bicyclic) bond motifs is 9. The third kappa shape index (κ3) is 3.46. The molecule has 1 aliphatic carbocycles. The van der Waals surface area contributed by atoms with Crippen LogP contribution in [-0.4, -0.2) is 45.3 Å². The second-order valence-electron chi connectivity index (χ2n) is 10.2. The van der Waals surface area contributed by atoms with Gasteiger partial charge < -0.3 is 19.4 Å². The highest BCUT2D eigenvalue weighted by molar-refractivity contribution is 7.16. The van der Waals surface area contributed by atoms with E-state index in [4.69, 9.17) is 9.72 Å². The smallest absolute Gasteiger partial charge is 0.197 e. The summed E-state index contributed by atoms with van der Waals surface area (Å²) in [6, 6.07) is 22.2. The Morgan fingerprint density at radius 1 is 0.737 bits per heavy atom. The Hall–Kier alpha value is -3.51. The maximum Gasteiger partial charge on any atom is 0.197 e. The van der Waals surface area contributed by atoms with Crippen LogP contribution in [0, 0.1) is 0 Å². The van der Waals surface area contributed by atoms with E-state index in [0.29, 0.717) is 0 Å². The monoisotopic (exact) mass is 524 g/mol. The van der Waals surface area contributed by atoms with Gasteiger partial charge in [0.15, 0.2) is 10.7 Å². The number of hydrogen-bond acceptors (Lipinski definition) is 6. The van der Waals surface area contributed by atoms with Gasteiger partial charge in [-0.2, -0.15) is 0 Å². The Morgan fingerprint density at radius 3 is 1.82 bits per heavy atom. The predicted octanol–water partition coefficient (Wildman–Crippen LogP) is 7.23. The van der Waals surface area contributed by atoms with Crippen LogP contribution in [-0.2, 0) is 5.60 Å². The van der Waals surface area contributed by atoms with Crippen molar-refractivity contribution in [3.63, 3.8) is 0 Å². The van der Waals surface area contributed by atoms with Crippen LogP contribution in [0.5, 0.6) is 5.75 Å². The Labute approximate surface area is 230 Å². The molecule has 2 aliphatic rings. The number of nitrogens with zero attached hydrogens (tertiary/aromatic N) is 4. The summed E-state index contributed by atoms with van der Waals surface area (Å²) in [4.78, 5) is 13.2. The van der Waals surface area contributed by atoms with E-state index in [2.05, 4.69) is 117 Å². The van der Waals surface area contributed by atoms with Crippen molar-refractivity contribution < 1.29 is 4.74 Å². The molecule has 6 rings (SSSR count). The van der Waals surface area contributed by atoms with E-state index < -0.39 is 5.60 Å². The highest BCUT2D eigenvalue weighted by Crippen LogP contribution is 2.61. The third-order valence-electron chi connectivity index (χ3n) is 8.04. The molecule has 0 amide bonds. The first-order chi connectivity index (χ1) is 18.5. The van der Waals surface area contributed by atoms with Crippen LogP contribution in [0.25, 0.3) is 22.4 Å². The largest absolute Gasteiger partial charge is 0.471 e. The van der Waals surface area contributed by atoms with Crippen LogP contribution >= 0.6 is 11.3 Å². The second-order valence-corrected chi connectivity index (χ2v) is 11.1. The standard InChI is InChI=1S/C32H36N4OS/c1-7-35(8-2)21-15-17-26-24(19-21)25-20-22(36(9-3)10-4)16-18-27(25)32(26)30-29(33-31(38-30)34(5)6)23-13-11-12-14-28(23)37-32/h11-20H,7-10H2,1-6H3. The van der Waals surface area contributed by atoms with E-state index in [9.17, 15) is 0 Å². The van der Waals surface area contributed by atoms with Gasteiger partial charge in [-0.05, 0) is 75.2 Å². The summed E-state index contributed by atoms with van der Waals surface area (Å²) in [5.41, 5.74) is 8.76. The fourth-order valence-corrected chi connectivity index (χ4v) is 7.24. The van der Waals surface area contributed by atoms with Gasteiger partial charge in [-0.1, -0.05) is 35.6 Å². The van der Waals surface area contributed by atoms with Gasteiger partial charge in [-0.25, -0.2) is 4.98 Å². The van der Waals surface area contributed by atoms with Gasteiger partial charge >= 0.3 is 0 Å². The van der Waals surface area contributed by atoms with Crippen LogP contribution in [0.2, 0.25) is 0 Å². The lowest BCUT2D eigenvalue weighted by Crippen LogP contribution is -2.36. The van der Waals surface area contributed by atoms with Gasteiger partial charge in [-0.15, -0.1) is 0 Å². The van der Waals surface area contributed by atoms with Gasteiger partial charge in [-0.3, -0.25) is 0 Å². The molecule has 196 valence electrons. The lowest BCUT2D eigenvalue weighted by Gasteiger charge is -2.37. The molecule has 0 saturated carbocycles. The van der Waals surface area contributed by atoms with E-state index in [1.54, 1.807) is 11.3 Å². The van der Waals surface area contributed by atoms with Crippen molar-refractivity contribution in [3.8, 4) is 28.1 Å². The molecule has 0 N–H and O–H groups in total. The Balaban J connectivity index is 1.67. The SMILES string of the molecule is CCN(CC)c1ccc2c(c1)-c1cc(N(CC)CC)ccc1C21Oc2ccccc2-c2nc(N(C)C)sc21. The van der Waals surface area contributed by atoms with Crippen LogP contribution in [0.3, 0.4) is 0 Å². The average molecular weight is 525 g/mol. The van der Waals surface area contributed by atoms with Crippen molar-refractivity contribution in [1.29, 1.82) is 0 Å². The molecule has 6 heteroatoms. The number of para-hydroxylation sites is 1. The summed E-state index contributed by atoms with van der Waals surface area (Å²) in [6.07, 6.45) is 0. The first-order valence-electron chi connectivity index (χ1n) is 13.7. The molecule has 0 atom stereocenters. The maximum absolute atomic E-state index is 7.18. The summed E-state index contributed by atoms with van der Waals surface area (Å²) in [6.45, 7) is 12.8. The lowest BCUT2D eigenvalue weighted by atomic mass is 9.85. The molecule has 4 aromatic rings.